The maximum absolute atomic E-state index is 5.69. The maximum atomic E-state index is 5.69. The molecular weight excluding hydrogens is 183 g/mol. The first-order chi connectivity index (χ1) is 4.70. The monoisotopic (exact) mass is 192 g/mol. The lowest BCUT2D eigenvalue weighted by atomic mass is 10.2. The zero-order valence-electron chi connectivity index (χ0n) is 6.12. The van der Waals surface area contributed by atoms with E-state index in [9.17, 15) is 0 Å². The lowest BCUT2D eigenvalue weighted by Gasteiger charge is -2.02. The van der Waals surface area contributed by atoms with Crippen molar-refractivity contribution in [3.63, 3.8) is 0 Å². The molecule has 0 spiro atoms. The number of nitrogens with two attached hydrogens (primary N) is 1. The van der Waals surface area contributed by atoms with E-state index in [2.05, 4.69) is 4.98 Å². The van der Waals surface area contributed by atoms with Crippen LogP contribution < -0.4 is 5.73 Å². The van der Waals surface area contributed by atoms with E-state index in [1.54, 1.807) is 18.3 Å². The zero-order chi connectivity index (χ0) is 7.56. The number of hydrogen-bond donors (Lipinski definition) is 1. The first-order valence-electron chi connectivity index (χ1n) is 3.07. The predicted octanol–water partition coefficient (Wildman–Crippen LogP) is 2.18. The molecule has 0 saturated carbocycles. The fourth-order valence-electron chi connectivity index (χ4n) is 0.670. The molecule has 1 aromatic rings. The van der Waals surface area contributed by atoms with E-state index in [1.165, 1.54) is 0 Å². The van der Waals surface area contributed by atoms with Crippen molar-refractivity contribution in [3.8, 4) is 0 Å². The lowest BCUT2D eigenvalue weighted by Crippen LogP contribution is -2.06. The van der Waals surface area contributed by atoms with Gasteiger partial charge in [0, 0.05) is 17.3 Å². The van der Waals surface area contributed by atoms with Gasteiger partial charge in [0.05, 0.1) is 5.69 Å². The van der Waals surface area contributed by atoms with E-state index >= 15 is 0 Å². The number of halogens is 2. The summed E-state index contributed by atoms with van der Waals surface area (Å²) in [5, 5.41) is 0.683. The van der Waals surface area contributed by atoms with Gasteiger partial charge in [-0.2, -0.15) is 0 Å². The van der Waals surface area contributed by atoms with Gasteiger partial charge in [-0.3, -0.25) is 4.98 Å². The van der Waals surface area contributed by atoms with Crippen LogP contribution >= 0.6 is 24.0 Å². The number of nitrogens with zero attached hydrogens (tertiary/aromatic N) is 1. The van der Waals surface area contributed by atoms with Crippen LogP contribution in [-0.2, 0) is 0 Å². The van der Waals surface area contributed by atoms with E-state index in [1.807, 2.05) is 6.92 Å². The fourth-order valence-corrected chi connectivity index (χ4v) is 0.838. The Morgan fingerprint density at radius 3 is 2.64 bits per heavy atom. The minimum Gasteiger partial charge on any atom is -0.323 e. The average Bonchev–Trinajstić information content (AvgIpc) is 1.88. The fraction of sp³-hybridized carbons (Fsp3) is 0.286. The van der Waals surface area contributed by atoms with Gasteiger partial charge in [-0.25, -0.2) is 0 Å². The standard InChI is InChI=1S/C7H9ClN2.ClH/c1-5(9)7-4-6(8)2-3-10-7;/h2-5H,9H2,1H3;1H/t5-;/m1./s1. The van der Waals surface area contributed by atoms with Crippen LogP contribution in [0.5, 0.6) is 0 Å². The summed E-state index contributed by atoms with van der Waals surface area (Å²) in [6, 6.07) is 3.46. The summed E-state index contributed by atoms with van der Waals surface area (Å²) in [6.45, 7) is 1.87. The summed E-state index contributed by atoms with van der Waals surface area (Å²) in [5.41, 5.74) is 6.39. The average molecular weight is 193 g/mol. The Bertz CT molecular complexity index is 225. The van der Waals surface area contributed by atoms with Gasteiger partial charge < -0.3 is 5.73 Å². The molecule has 1 atom stereocenters. The van der Waals surface area contributed by atoms with Gasteiger partial charge in [0.2, 0.25) is 0 Å². The van der Waals surface area contributed by atoms with E-state index in [0.29, 0.717) is 5.02 Å². The summed E-state index contributed by atoms with van der Waals surface area (Å²) in [5.74, 6) is 0. The van der Waals surface area contributed by atoms with Crippen LogP contribution in [0.1, 0.15) is 18.7 Å². The van der Waals surface area contributed by atoms with E-state index in [0.717, 1.165) is 5.69 Å². The summed E-state index contributed by atoms with van der Waals surface area (Å²) in [7, 11) is 0. The van der Waals surface area contributed by atoms with Crippen molar-refractivity contribution < 1.29 is 0 Å². The molecule has 4 heteroatoms. The molecule has 62 valence electrons. The number of pyridine rings is 1. The molecule has 0 amide bonds. The second kappa shape index (κ2) is 4.54. The molecule has 1 heterocycles. The number of hydrogen-bond acceptors (Lipinski definition) is 2. The molecule has 0 unspecified atom stereocenters. The molecule has 0 radical (unpaired) electrons. The summed E-state index contributed by atoms with van der Waals surface area (Å²) in [6.07, 6.45) is 1.65. The van der Waals surface area contributed by atoms with Crippen LogP contribution in [0.2, 0.25) is 5.02 Å². The molecule has 0 saturated heterocycles. The van der Waals surface area contributed by atoms with E-state index in [-0.39, 0.29) is 18.4 Å². The third-order valence-electron chi connectivity index (χ3n) is 1.21. The van der Waals surface area contributed by atoms with Gasteiger partial charge >= 0.3 is 0 Å². The number of aromatic nitrogens is 1. The van der Waals surface area contributed by atoms with Crippen LogP contribution in [0.15, 0.2) is 18.3 Å². The number of rotatable bonds is 1. The Morgan fingerprint density at radius 1 is 1.64 bits per heavy atom. The molecule has 0 bridgehead atoms. The second-order valence-corrected chi connectivity index (χ2v) is 2.62. The van der Waals surface area contributed by atoms with Crippen molar-refractivity contribution in [1.82, 2.24) is 4.98 Å². The highest BCUT2D eigenvalue weighted by Crippen LogP contribution is 2.11. The molecular formula is C7H10Cl2N2. The summed E-state index contributed by atoms with van der Waals surface area (Å²) < 4.78 is 0. The highest BCUT2D eigenvalue weighted by atomic mass is 35.5. The normalized spacial score (nSPS) is 11.9. The highest BCUT2D eigenvalue weighted by molar-refractivity contribution is 6.30. The lowest BCUT2D eigenvalue weighted by molar-refractivity contribution is 0.781. The Labute approximate surface area is 77.2 Å². The Kier molecular flexibility index (Phi) is 4.42. The molecule has 1 rings (SSSR count). The quantitative estimate of drug-likeness (QED) is 0.742. The van der Waals surface area contributed by atoms with Crippen molar-refractivity contribution in [3.05, 3.63) is 29.0 Å². The van der Waals surface area contributed by atoms with Crippen LogP contribution in [-0.4, -0.2) is 4.98 Å². The Morgan fingerprint density at radius 2 is 2.27 bits per heavy atom. The topological polar surface area (TPSA) is 38.9 Å². The first kappa shape index (κ1) is 10.7. The third-order valence-corrected chi connectivity index (χ3v) is 1.44. The van der Waals surface area contributed by atoms with Crippen LogP contribution in [0.4, 0.5) is 0 Å². The van der Waals surface area contributed by atoms with Gasteiger partial charge in [0.1, 0.15) is 0 Å². The van der Waals surface area contributed by atoms with Crippen LogP contribution in [0.3, 0.4) is 0 Å². The van der Waals surface area contributed by atoms with Crippen molar-refractivity contribution in [2.75, 3.05) is 0 Å². The van der Waals surface area contributed by atoms with Gasteiger partial charge in [-0.15, -0.1) is 12.4 Å². The van der Waals surface area contributed by atoms with Crippen LogP contribution in [0.25, 0.3) is 0 Å². The highest BCUT2D eigenvalue weighted by Gasteiger charge is 1.99. The summed E-state index contributed by atoms with van der Waals surface area (Å²) >= 11 is 5.69. The molecule has 11 heavy (non-hydrogen) atoms. The van der Waals surface area contributed by atoms with Crippen LogP contribution in [0, 0.1) is 0 Å². The maximum Gasteiger partial charge on any atom is 0.0582 e. The Hall–Kier alpha value is -0.310. The smallest absolute Gasteiger partial charge is 0.0582 e. The van der Waals surface area contributed by atoms with Crippen molar-refractivity contribution >= 4 is 24.0 Å². The Balaban J connectivity index is 0.000001000. The van der Waals surface area contributed by atoms with Gasteiger partial charge in [0.15, 0.2) is 0 Å². The molecule has 1 aromatic heterocycles. The second-order valence-electron chi connectivity index (χ2n) is 2.19. The molecule has 0 aromatic carbocycles. The largest absolute Gasteiger partial charge is 0.323 e. The molecule has 2 nitrogen and oxygen atoms in total. The van der Waals surface area contributed by atoms with Gasteiger partial charge in [-0.1, -0.05) is 11.6 Å². The first-order valence-corrected chi connectivity index (χ1v) is 3.45. The minimum absolute atomic E-state index is 0. The van der Waals surface area contributed by atoms with E-state index in [4.69, 9.17) is 17.3 Å². The zero-order valence-corrected chi connectivity index (χ0v) is 7.69. The minimum atomic E-state index is -0.0429. The SMILES string of the molecule is C[C@@H](N)c1cc(Cl)ccn1.Cl. The molecule has 2 N–H and O–H groups in total. The molecule has 0 aliphatic carbocycles. The predicted molar refractivity (Wildman–Crippen MR) is 49.1 cm³/mol. The summed E-state index contributed by atoms with van der Waals surface area (Å²) in [4.78, 5) is 4.03. The van der Waals surface area contributed by atoms with Gasteiger partial charge in [-0.05, 0) is 19.1 Å². The molecule has 0 aliphatic rings. The van der Waals surface area contributed by atoms with E-state index < -0.39 is 0 Å². The van der Waals surface area contributed by atoms with Crippen molar-refractivity contribution in [2.24, 2.45) is 5.73 Å². The van der Waals surface area contributed by atoms with Gasteiger partial charge in [0.25, 0.3) is 0 Å². The van der Waals surface area contributed by atoms with Crippen molar-refractivity contribution in [2.45, 2.75) is 13.0 Å². The molecule has 0 fully saturated rings. The third kappa shape index (κ3) is 3.06. The molecule has 0 aliphatic heterocycles. The van der Waals surface area contributed by atoms with Crippen molar-refractivity contribution in [1.29, 1.82) is 0 Å².